The summed E-state index contributed by atoms with van der Waals surface area (Å²) in [5.41, 5.74) is 2.42. The molecule has 3 N–H and O–H groups in total. The lowest BCUT2D eigenvalue weighted by atomic mass is 9.91. The third-order valence-corrected chi connectivity index (χ3v) is 4.16. The van der Waals surface area contributed by atoms with Crippen LogP contribution in [0.2, 0.25) is 0 Å². The number of hydrogen-bond donors (Lipinski definition) is 3. The molecule has 0 aliphatic carbocycles. The fraction of sp³-hybridized carbons (Fsp3) is 0.714. The van der Waals surface area contributed by atoms with Crippen LogP contribution < -0.4 is 5.32 Å². The highest BCUT2D eigenvalue weighted by Gasteiger charge is 2.29. The van der Waals surface area contributed by atoms with E-state index in [2.05, 4.69) is 27.3 Å². The predicted molar refractivity (Wildman–Crippen MR) is 77.5 cm³/mol. The molecule has 1 saturated heterocycles. The number of aliphatic hydroxyl groups is 1. The summed E-state index contributed by atoms with van der Waals surface area (Å²) in [6, 6.07) is 0.0843. The Bertz CT molecular complexity index is 452. The normalized spacial score (nSPS) is 23.8. The Morgan fingerprint density at radius 3 is 2.90 bits per heavy atom. The number of aromatic nitrogens is 2. The van der Waals surface area contributed by atoms with E-state index in [0.29, 0.717) is 12.5 Å². The minimum absolute atomic E-state index is 0.0508. The van der Waals surface area contributed by atoms with E-state index in [1.807, 2.05) is 13.8 Å². The average Bonchev–Trinajstić information content (AvgIpc) is 2.71. The van der Waals surface area contributed by atoms with Gasteiger partial charge in [0.2, 0.25) is 5.91 Å². The maximum atomic E-state index is 12.2. The Labute approximate surface area is 119 Å². The number of aromatic amines is 1. The van der Waals surface area contributed by atoms with Crippen molar-refractivity contribution in [1.29, 1.82) is 0 Å². The van der Waals surface area contributed by atoms with Gasteiger partial charge < -0.3 is 10.4 Å². The van der Waals surface area contributed by atoms with E-state index in [-0.39, 0.29) is 18.6 Å². The van der Waals surface area contributed by atoms with E-state index in [0.717, 1.165) is 36.5 Å². The molecule has 1 aliphatic rings. The second kappa shape index (κ2) is 6.37. The SMILES string of the molecule is Cc1n[nH]c(C)c1NC(=O)CN1CCCC(C)C1CO. The number of anilines is 1. The lowest BCUT2D eigenvalue weighted by Gasteiger charge is -2.38. The molecule has 0 saturated carbocycles. The summed E-state index contributed by atoms with van der Waals surface area (Å²) in [5, 5.41) is 19.3. The summed E-state index contributed by atoms with van der Waals surface area (Å²) < 4.78 is 0. The molecule has 20 heavy (non-hydrogen) atoms. The van der Waals surface area contributed by atoms with Gasteiger partial charge in [-0.15, -0.1) is 0 Å². The van der Waals surface area contributed by atoms with Gasteiger partial charge in [-0.1, -0.05) is 6.92 Å². The van der Waals surface area contributed by atoms with Crippen LogP contribution >= 0.6 is 0 Å². The van der Waals surface area contributed by atoms with Crippen molar-refractivity contribution >= 4 is 11.6 Å². The van der Waals surface area contributed by atoms with Crippen LogP contribution in [0.1, 0.15) is 31.2 Å². The zero-order valence-corrected chi connectivity index (χ0v) is 12.4. The van der Waals surface area contributed by atoms with Crippen LogP contribution in [-0.2, 0) is 4.79 Å². The van der Waals surface area contributed by atoms with Gasteiger partial charge in [-0.3, -0.25) is 14.8 Å². The van der Waals surface area contributed by atoms with Crippen LogP contribution in [0, 0.1) is 19.8 Å². The second-order valence-electron chi connectivity index (χ2n) is 5.70. The zero-order valence-electron chi connectivity index (χ0n) is 12.4. The van der Waals surface area contributed by atoms with E-state index in [9.17, 15) is 9.90 Å². The molecule has 6 nitrogen and oxygen atoms in total. The highest BCUT2D eigenvalue weighted by Crippen LogP contribution is 2.23. The number of rotatable bonds is 4. The molecule has 1 aliphatic heterocycles. The fourth-order valence-electron chi connectivity index (χ4n) is 2.92. The molecule has 1 aromatic heterocycles. The van der Waals surface area contributed by atoms with Crippen molar-refractivity contribution in [3.63, 3.8) is 0 Å². The first kappa shape index (κ1) is 15.0. The van der Waals surface area contributed by atoms with Crippen LogP contribution in [-0.4, -0.2) is 51.8 Å². The van der Waals surface area contributed by atoms with Crippen LogP contribution in [0.5, 0.6) is 0 Å². The zero-order chi connectivity index (χ0) is 14.7. The number of H-pyrrole nitrogens is 1. The topological polar surface area (TPSA) is 81.2 Å². The molecule has 0 bridgehead atoms. The first-order valence-electron chi connectivity index (χ1n) is 7.19. The molecule has 2 unspecified atom stereocenters. The van der Waals surface area contributed by atoms with Gasteiger partial charge in [0.05, 0.1) is 30.2 Å². The number of nitrogens with one attached hydrogen (secondary N) is 2. The van der Waals surface area contributed by atoms with E-state index in [4.69, 9.17) is 0 Å². The number of aliphatic hydroxyl groups excluding tert-OH is 1. The van der Waals surface area contributed by atoms with Crippen molar-refractivity contribution < 1.29 is 9.90 Å². The fourth-order valence-corrected chi connectivity index (χ4v) is 2.92. The van der Waals surface area contributed by atoms with Crippen LogP contribution in [0.4, 0.5) is 5.69 Å². The Balaban J connectivity index is 1.97. The molecule has 6 heteroatoms. The lowest BCUT2D eigenvalue weighted by Crippen LogP contribution is -2.49. The molecule has 112 valence electrons. The van der Waals surface area contributed by atoms with Gasteiger partial charge in [0, 0.05) is 6.04 Å². The number of piperidine rings is 1. The van der Waals surface area contributed by atoms with Gasteiger partial charge in [-0.05, 0) is 39.2 Å². The van der Waals surface area contributed by atoms with Crippen LogP contribution in [0.25, 0.3) is 0 Å². The monoisotopic (exact) mass is 280 g/mol. The van der Waals surface area contributed by atoms with Gasteiger partial charge in [0.25, 0.3) is 0 Å². The second-order valence-corrected chi connectivity index (χ2v) is 5.70. The summed E-state index contributed by atoms with van der Waals surface area (Å²) >= 11 is 0. The summed E-state index contributed by atoms with van der Waals surface area (Å²) in [7, 11) is 0. The molecule has 1 fully saturated rings. The Kier molecular flexibility index (Phi) is 4.77. The smallest absolute Gasteiger partial charge is 0.238 e. The van der Waals surface area contributed by atoms with Crippen LogP contribution in [0.15, 0.2) is 0 Å². The number of aryl methyl sites for hydroxylation is 2. The molecule has 2 atom stereocenters. The van der Waals surface area contributed by atoms with E-state index in [1.54, 1.807) is 0 Å². The summed E-state index contributed by atoms with van der Waals surface area (Å²) in [6.07, 6.45) is 2.19. The molecule has 0 spiro atoms. The quantitative estimate of drug-likeness (QED) is 0.770. The molecular formula is C14H24N4O2. The number of carbonyl (C=O) groups excluding carboxylic acids is 1. The standard InChI is InChI=1S/C14H24N4O2/c1-9-5-4-6-18(12(9)8-19)7-13(20)15-14-10(2)16-17-11(14)3/h9,12,19H,4-8H2,1-3H3,(H,15,20)(H,16,17). The number of likely N-dealkylation sites (tertiary alicyclic amines) is 1. The Morgan fingerprint density at radius 1 is 1.55 bits per heavy atom. The molecule has 2 rings (SSSR count). The number of carbonyl (C=O) groups is 1. The molecular weight excluding hydrogens is 256 g/mol. The van der Waals surface area contributed by atoms with E-state index >= 15 is 0 Å². The summed E-state index contributed by atoms with van der Waals surface area (Å²) in [4.78, 5) is 14.3. The highest BCUT2D eigenvalue weighted by atomic mass is 16.3. The predicted octanol–water partition coefficient (Wildman–Crippen LogP) is 1.06. The third kappa shape index (κ3) is 3.19. The summed E-state index contributed by atoms with van der Waals surface area (Å²) in [5.74, 6) is 0.379. The van der Waals surface area contributed by atoms with Crippen molar-refractivity contribution in [3.8, 4) is 0 Å². The van der Waals surface area contributed by atoms with Gasteiger partial charge in [0.1, 0.15) is 0 Å². The molecule has 2 heterocycles. The molecule has 0 aromatic carbocycles. The number of hydrogen-bond acceptors (Lipinski definition) is 4. The number of amides is 1. The Morgan fingerprint density at radius 2 is 2.30 bits per heavy atom. The van der Waals surface area contributed by atoms with Gasteiger partial charge >= 0.3 is 0 Å². The van der Waals surface area contributed by atoms with Crippen molar-refractivity contribution in [2.75, 3.05) is 25.0 Å². The first-order valence-corrected chi connectivity index (χ1v) is 7.19. The van der Waals surface area contributed by atoms with Crippen molar-refractivity contribution in [2.24, 2.45) is 5.92 Å². The summed E-state index contributed by atoms with van der Waals surface area (Å²) in [6.45, 7) is 7.17. The highest BCUT2D eigenvalue weighted by molar-refractivity contribution is 5.93. The molecule has 1 aromatic rings. The average molecular weight is 280 g/mol. The Hall–Kier alpha value is -1.40. The van der Waals surface area contributed by atoms with Gasteiger partial charge in [-0.25, -0.2) is 0 Å². The van der Waals surface area contributed by atoms with E-state index in [1.165, 1.54) is 0 Å². The van der Waals surface area contributed by atoms with Gasteiger partial charge in [0.15, 0.2) is 0 Å². The largest absolute Gasteiger partial charge is 0.395 e. The minimum atomic E-state index is -0.0508. The maximum absolute atomic E-state index is 12.2. The van der Waals surface area contributed by atoms with Gasteiger partial charge in [-0.2, -0.15) is 5.10 Å². The van der Waals surface area contributed by atoms with Crippen LogP contribution in [0.3, 0.4) is 0 Å². The molecule has 1 amide bonds. The third-order valence-electron chi connectivity index (χ3n) is 4.16. The first-order chi connectivity index (χ1) is 9.52. The van der Waals surface area contributed by atoms with Crippen molar-refractivity contribution in [1.82, 2.24) is 15.1 Å². The van der Waals surface area contributed by atoms with E-state index < -0.39 is 0 Å². The minimum Gasteiger partial charge on any atom is -0.395 e. The lowest BCUT2D eigenvalue weighted by molar-refractivity contribution is -0.118. The molecule has 0 radical (unpaired) electrons. The van der Waals surface area contributed by atoms with Crippen molar-refractivity contribution in [3.05, 3.63) is 11.4 Å². The maximum Gasteiger partial charge on any atom is 0.238 e. The van der Waals surface area contributed by atoms with Crippen molar-refractivity contribution in [2.45, 2.75) is 39.7 Å². The number of nitrogens with zero attached hydrogens (tertiary/aromatic N) is 2.